The number of rotatable bonds is 8. The van der Waals surface area contributed by atoms with Gasteiger partial charge in [-0.05, 0) is 72.4 Å². The topological polar surface area (TPSA) is 79.5 Å². The molecular weight excluding hydrogens is 539 g/mol. The van der Waals surface area contributed by atoms with E-state index in [2.05, 4.69) is 16.0 Å². The predicted molar refractivity (Wildman–Crippen MR) is 152 cm³/mol. The molecule has 4 aromatic carbocycles. The first-order chi connectivity index (χ1) is 19.2. The van der Waals surface area contributed by atoms with Gasteiger partial charge in [-0.1, -0.05) is 48.5 Å². The summed E-state index contributed by atoms with van der Waals surface area (Å²) in [5, 5.41) is 7.87. The number of halogens is 3. The van der Waals surface area contributed by atoms with Crippen LogP contribution < -0.4 is 20.7 Å². The van der Waals surface area contributed by atoms with Crippen molar-refractivity contribution in [2.75, 3.05) is 17.2 Å². The van der Waals surface area contributed by atoms with Crippen LogP contribution in [0.1, 0.15) is 31.8 Å². The summed E-state index contributed by atoms with van der Waals surface area (Å²) in [4.78, 5) is 25.4. The van der Waals surface area contributed by atoms with Crippen LogP contribution in [0.25, 0.3) is 0 Å². The highest BCUT2D eigenvalue weighted by Gasteiger charge is 2.30. The molecule has 0 aromatic heterocycles. The second-order valence-electron chi connectivity index (χ2n) is 8.63. The van der Waals surface area contributed by atoms with Crippen molar-refractivity contribution in [1.29, 1.82) is 0 Å². The van der Waals surface area contributed by atoms with Gasteiger partial charge in [0.2, 0.25) is 0 Å². The lowest BCUT2D eigenvalue weighted by molar-refractivity contribution is -0.137. The van der Waals surface area contributed by atoms with E-state index in [9.17, 15) is 22.8 Å². The van der Waals surface area contributed by atoms with Crippen molar-refractivity contribution >= 4 is 40.5 Å². The molecule has 6 nitrogen and oxygen atoms in total. The molecule has 4 aromatic rings. The molecule has 2 amide bonds. The van der Waals surface area contributed by atoms with Crippen LogP contribution in [0.3, 0.4) is 0 Å². The second-order valence-corrected chi connectivity index (χ2v) is 9.04. The third-order valence-electron chi connectivity index (χ3n) is 5.66. The lowest BCUT2D eigenvalue weighted by Gasteiger charge is -2.12. The highest BCUT2D eigenvalue weighted by Crippen LogP contribution is 2.30. The first-order valence-electron chi connectivity index (χ1n) is 12.2. The molecule has 0 fully saturated rings. The van der Waals surface area contributed by atoms with Gasteiger partial charge in [0.15, 0.2) is 5.11 Å². The Bertz CT molecular complexity index is 1510. The highest BCUT2D eigenvalue weighted by atomic mass is 32.1. The van der Waals surface area contributed by atoms with Crippen LogP contribution in [-0.2, 0) is 12.6 Å². The zero-order chi connectivity index (χ0) is 28.5. The Labute approximate surface area is 234 Å². The minimum atomic E-state index is -4.53. The molecule has 0 spiro atoms. The Kier molecular flexibility index (Phi) is 9.13. The predicted octanol–water partition coefficient (Wildman–Crippen LogP) is 6.71. The zero-order valence-electron chi connectivity index (χ0n) is 21.0. The van der Waals surface area contributed by atoms with Gasteiger partial charge in [-0.2, -0.15) is 13.2 Å². The van der Waals surface area contributed by atoms with E-state index in [0.717, 1.165) is 24.1 Å². The van der Waals surface area contributed by atoms with E-state index < -0.39 is 23.6 Å². The van der Waals surface area contributed by atoms with Crippen molar-refractivity contribution in [3.63, 3.8) is 0 Å². The summed E-state index contributed by atoms with van der Waals surface area (Å²) in [6.45, 7) is 0.451. The van der Waals surface area contributed by atoms with Gasteiger partial charge in [0.05, 0.1) is 12.2 Å². The fourth-order valence-corrected chi connectivity index (χ4v) is 3.92. The number of carbonyl (C=O) groups excluding carboxylic acids is 2. The third kappa shape index (κ3) is 8.15. The van der Waals surface area contributed by atoms with Gasteiger partial charge in [-0.25, -0.2) is 0 Å². The second kappa shape index (κ2) is 12.9. The molecule has 40 heavy (non-hydrogen) atoms. The van der Waals surface area contributed by atoms with Crippen LogP contribution >= 0.6 is 12.2 Å². The molecule has 0 aliphatic rings. The molecule has 3 N–H and O–H groups in total. The van der Waals surface area contributed by atoms with Crippen LogP contribution in [0.5, 0.6) is 5.75 Å². The third-order valence-corrected chi connectivity index (χ3v) is 5.86. The molecule has 10 heteroatoms. The summed E-state index contributed by atoms with van der Waals surface area (Å²) in [6, 6.07) is 27.1. The Hall–Kier alpha value is -4.70. The number of alkyl halides is 3. The molecule has 0 radical (unpaired) electrons. The van der Waals surface area contributed by atoms with E-state index in [0.29, 0.717) is 23.6 Å². The van der Waals surface area contributed by atoms with E-state index >= 15 is 0 Å². The zero-order valence-corrected chi connectivity index (χ0v) is 21.8. The number of thiocarbonyl (C=S) groups is 1. The number of hydrogen-bond acceptors (Lipinski definition) is 4. The summed E-state index contributed by atoms with van der Waals surface area (Å²) in [6.07, 6.45) is -3.80. The van der Waals surface area contributed by atoms with Crippen molar-refractivity contribution in [2.24, 2.45) is 0 Å². The van der Waals surface area contributed by atoms with Crippen LogP contribution in [0.15, 0.2) is 103 Å². The first-order valence-corrected chi connectivity index (χ1v) is 12.6. The number of hydrogen-bond donors (Lipinski definition) is 3. The van der Waals surface area contributed by atoms with Gasteiger partial charge in [0, 0.05) is 28.9 Å². The van der Waals surface area contributed by atoms with Gasteiger partial charge < -0.3 is 15.4 Å². The minimum Gasteiger partial charge on any atom is -0.493 e. The average Bonchev–Trinajstić information content (AvgIpc) is 2.93. The van der Waals surface area contributed by atoms with Crippen LogP contribution in [0.2, 0.25) is 0 Å². The first kappa shape index (κ1) is 28.3. The quantitative estimate of drug-likeness (QED) is 0.208. The van der Waals surface area contributed by atoms with Gasteiger partial charge >= 0.3 is 6.18 Å². The van der Waals surface area contributed by atoms with E-state index in [1.807, 2.05) is 30.3 Å². The molecule has 4 rings (SSSR count). The summed E-state index contributed by atoms with van der Waals surface area (Å²) in [7, 11) is 0. The SMILES string of the molecule is O=C(NC(=S)Nc1cccc(C(=O)Nc2cccc(C(F)(F)F)c2)c1)c1cccc(OCCc2ccccc2)c1. The highest BCUT2D eigenvalue weighted by molar-refractivity contribution is 7.80. The molecule has 0 unspecified atom stereocenters. The largest absolute Gasteiger partial charge is 0.493 e. The summed E-state index contributed by atoms with van der Waals surface area (Å²) in [5.74, 6) is -0.520. The Morgan fingerprint density at radius 2 is 1.38 bits per heavy atom. The fraction of sp³-hybridized carbons (Fsp3) is 0.100. The maximum atomic E-state index is 13.0. The smallest absolute Gasteiger partial charge is 0.416 e. The van der Waals surface area contributed by atoms with Crippen LogP contribution in [0, 0.1) is 0 Å². The Morgan fingerprint density at radius 3 is 2.10 bits per heavy atom. The fourth-order valence-electron chi connectivity index (χ4n) is 3.71. The summed E-state index contributed by atoms with van der Waals surface area (Å²) >= 11 is 5.25. The maximum absolute atomic E-state index is 13.0. The number of nitrogens with one attached hydrogen (secondary N) is 3. The van der Waals surface area contributed by atoms with Crippen LogP contribution in [0.4, 0.5) is 24.5 Å². The molecule has 0 aliphatic carbocycles. The van der Waals surface area contributed by atoms with Crippen molar-refractivity contribution in [3.05, 3.63) is 125 Å². The normalized spacial score (nSPS) is 10.9. The Morgan fingerprint density at radius 1 is 0.725 bits per heavy atom. The summed E-state index contributed by atoms with van der Waals surface area (Å²) < 4.78 is 44.7. The molecule has 0 aliphatic heterocycles. The molecule has 0 saturated heterocycles. The standard InChI is InChI=1S/C30H24F3N3O3S/c31-30(32,33)23-11-6-13-25(19-23)34-27(37)21-9-4-12-24(17-21)35-29(40)36-28(38)22-10-5-14-26(18-22)39-16-15-20-7-2-1-3-8-20/h1-14,17-19H,15-16H2,(H,34,37)(H2,35,36,38,40). The number of anilines is 2. The van der Waals surface area contributed by atoms with Crippen molar-refractivity contribution in [2.45, 2.75) is 12.6 Å². The molecule has 0 saturated carbocycles. The van der Waals surface area contributed by atoms with Crippen LogP contribution in [-0.4, -0.2) is 23.5 Å². The van der Waals surface area contributed by atoms with Crippen molar-refractivity contribution in [3.8, 4) is 5.75 Å². The summed E-state index contributed by atoms with van der Waals surface area (Å²) in [5.41, 5.74) is 1.20. The molecule has 0 heterocycles. The number of benzene rings is 4. The van der Waals surface area contributed by atoms with E-state index in [1.165, 1.54) is 24.3 Å². The molecule has 0 atom stereocenters. The molecule has 0 bridgehead atoms. The number of amides is 2. The van der Waals surface area contributed by atoms with Gasteiger partial charge in [-0.15, -0.1) is 0 Å². The number of carbonyl (C=O) groups is 2. The number of ether oxygens (including phenoxy) is 1. The Balaban J connectivity index is 1.32. The average molecular weight is 564 g/mol. The van der Waals surface area contributed by atoms with E-state index in [-0.39, 0.29) is 16.4 Å². The molecule has 204 valence electrons. The lowest BCUT2D eigenvalue weighted by Crippen LogP contribution is -2.34. The minimum absolute atomic E-state index is 0.00386. The van der Waals surface area contributed by atoms with E-state index in [1.54, 1.807) is 36.4 Å². The monoisotopic (exact) mass is 563 g/mol. The van der Waals surface area contributed by atoms with Crippen molar-refractivity contribution < 1.29 is 27.5 Å². The van der Waals surface area contributed by atoms with Crippen molar-refractivity contribution in [1.82, 2.24) is 5.32 Å². The van der Waals surface area contributed by atoms with Gasteiger partial charge in [-0.3, -0.25) is 14.9 Å². The maximum Gasteiger partial charge on any atom is 0.416 e. The van der Waals surface area contributed by atoms with E-state index in [4.69, 9.17) is 17.0 Å². The van der Waals surface area contributed by atoms with Gasteiger partial charge in [0.1, 0.15) is 5.75 Å². The molecular formula is C30H24F3N3O3S. The lowest BCUT2D eigenvalue weighted by atomic mass is 10.1. The van der Waals surface area contributed by atoms with Gasteiger partial charge in [0.25, 0.3) is 11.8 Å².